The van der Waals surface area contributed by atoms with E-state index in [4.69, 9.17) is 5.11 Å². The van der Waals surface area contributed by atoms with Crippen molar-refractivity contribution in [2.75, 3.05) is 6.54 Å². The number of carbonyl (C=O) groups is 1. The fourth-order valence-corrected chi connectivity index (χ4v) is 5.36. The topological polar surface area (TPSA) is 87.6 Å². The molecule has 2 unspecified atom stereocenters. The van der Waals surface area contributed by atoms with Gasteiger partial charge in [-0.2, -0.15) is 4.31 Å². The molecule has 1 aliphatic heterocycles. The molecule has 156 valence electrons. The Bertz CT molecular complexity index is 975. The van der Waals surface area contributed by atoms with Crippen molar-refractivity contribution in [3.05, 3.63) is 72.3 Å². The van der Waals surface area contributed by atoms with Gasteiger partial charge in [0.15, 0.2) is 0 Å². The second kappa shape index (κ2) is 11.2. The van der Waals surface area contributed by atoms with Crippen molar-refractivity contribution >= 4 is 16.0 Å². The van der Waals surface area contributed by atoms with Gasteiger partial charge in [-0.25, -0.2) is 12.8 Å². The zero-order valence-corrected chi connectivity index (χ0v) is 19.6. The van der Waals surface area contributed by atoms with Gasteiger partial charge in [-0.1, -0.05) is 18.2 Å². The largest absolute Gasteiger partial charge is 1.00 e. The van der Waals surface area contributed by atoms with Crippen LogP contribution in [0.2, 0.25) is 0 Å². The molecule has 2 aromatic rings. The first-order valence-corrected chi connectivity index (χ1v) is 10.9. The predicted molar refractivity (Wildman–Crippen MR) is 107 cm³/mol. The molecule has 0 radical (unpaired) electrons. The Hall–Kier alpha value is -1.58. The Morgan fingerprint density at radius 2 is 2.00 bits per heavy atom. The van der Waals surface area contributed by atoms with Crippen LogP contribution in [0.5, 0.6) is 0 Å². The SMILES string of the molecule is O=C(O)CC/C=C\CC1CCN(S(=O)(=O)c2ccc(F)cc2)C1c1cccnc1.[H-].[Na+]. The first-order chi connectivity index (χ1) is 13.9. The third kappa shape index (κ3) is 5.98. The molecule has 1 fully saturated rings. The van der Waals surface area contributed by atoms with E-state index in [9.17, 15) is 17.6 Å². The average Bonchev–Trinajstić information content (AvgIpc) is 3.13. The second-order valence-electron chi connectivity index (χ2n) is 6.99. The smallest absolute Gasteiger partial charge is 1.00 e. The standard InChI is InChI=1S/C21H23FN2O4S.Na.H/c22-18-8-10-19(11-9-18)29(27,28)24-14-12-16(5-2-1-3-7-20(25)26)21(24)17-6-4-13-23-15-17;;/h1-2,4,6,8-11,13,15-16,21H,3,5,7,12,14H2,(H,25,26);;/q;+1;-1/b2-1-;;. The van der Waals surface area contributed by atoms with Crippen molar-refractivity contribution in [2.24, 2.45) is 5.92 Å². The first kappa shape index (κ1) is 24.7. The number of nitrogens with zero attached hydrogens (tertiary/aromatic N) is 2. The second-order valence-corrected chi connectivity index (χ2v) is 8.88. The number of halogens is 1. The van der Waals surface area contributed by atoms with Gasteiger partial charge in [0.05, 0.1) is 10.9 Å². The third-order valence-corrected chi connectivity index (χ3v) is 6.95. The number of allylic oxidation sites excluding steroid dienone is 2. The van der Waals surface area contributed by atoms with Crippen LogP contribution in [0.4, 0.5) is 4.39 Å². The minimum Gasteiger partial charge on any atom is -1.00 e. The van der Waals surface area contributed by atoms with Crippen LogP contribution in [0.15, 0.2) is 65.8 Å². The molecule has 1 N–H and O–H groups in total. The van der Waals surface area contributed by atoms with Gasteiger partial charge in [0, 0.05) is 25.4 Å². The van der Waals surface area contributed by atoms with Gasteiger partial charge in [-0.15, -0.1) is 0 Å². The van der Waals surface area contributed by atoms with E-state index in [1.54, 1.807) is 18.5 Å². The van der Waals surface area contributed by atoms with Gasteiger partial charge in [-0.3, -0.25) is 9.78 Å². The van der Waals surface area contributed by atoms with E-state index < -0.39 is 21.8 Å². The molecule has 1 aromatic heterocycles. The van der Waals surface area contributed by atoms with Gasteiger partial charge in [0.25, 0.3) is 0 Å². The number of sulfonamides is 1. The summed E-state index contributed by atoms with van der Waals surface area (Å²) < 4.78 is 41.2. The van der Waals surface area contributed by atoms with E-state index >= 15 is 0 Å². The van der Waals surface area contributed by atoms with Gasteiger partial charge in [-0.05, 0) is 61.1 Å². The van der Waals surface area contributed by atoms with Crippen molar-refractivity contribution in [3.63, 3.8) is 0 Å². The summed E-state index contributed by atoms with van der Waals surface area (Å²) in [5.74, 6) is -1.30. The number of hydrogen-bond acceptors (Lipinski definition) is 4. The Balaban J connectivity index is 0.00000240. The Labute approximate surface area is 199 Å². The molecule has 0 aliphatic carbocycles. The Kier molecular flexibility index (Phi) is 9.18. The van der Waals surface area contributed by atoms with E-state index in [0.717, 1.165) is 17.7 Å². The molecule has 9 heteroatoms. The van der Waals surface area contributed by atoms with Gasteiger partial charge in [0.1, 0.15) is 5.82 Å². The number of carboxylic acids is 1. The van der Waals surface area contributed by atoms with Crippen LogP contribution in [0.25, 0.3) is 0 Å². The maximum atomic E-state index is 13.2. The monoisotopic (exact) mass is 442 g/mol. The summed E-state index contributed by atoms with van der Waals surface area (Å²) in [6.45, 7) is 0.354. The van der Waals surface area contributed by atoms with Gasteiger partial charge < -0.3 is 6.53 Å². The van der Waals surface area contributed by atoms with Crippen LogP contribution in [0.1, 0.15) is 38.7 Å². The summed E-state index contributed by atoms with van der Waals surface area (Å²) in [4.78, 5) is 14.8. The fourth-order valence-electron chi connectivity index (χ4n) is 3.67. The summed E-state index contributed by atoms with van der Waals surface area (Å²) in [5, 5.41) is 8.73. The van der Waals surface area contributed by atoms with Crippen LogP contribution >= 0.6 is 0 Å². The van der Waals surface area contributed by atoms with Crippen LogP contribution in [0.3, 0.4) is 0 Å². The van der Waals surface area contributed by atoms with Crippen molar-refractivity contribution in [1.29, 1.82) is 0 Å². The molecule has 6 nitrogen and oxygen atoms in total. The number of aliphatic carboxylic acids is 1. The van der Waals surface area contributed by atoms with Gasteiger partial charge >= 0.3 is 35.5 Å². The summed E-state index contributed by atoms with van der Waals surface area (Å²) in [6.07, 6.45) is 8.87. The summed E-state index contributed by atoms with van der Waals surface area (Å²) in [5.41, 5.74) is 0.805. The molecule has 0 spiro atoms. The molecular formula is C21H24FN2NaO4S. The number of rotatable bonds is 8. The number of carboxylic acid groups (broad SMARTS) is 1. The van der Waals surface area contributed by atoms with Gasteiger partial charge in [0.2, 0.25) is 10.0 Å². The van der Waals surface area contributed by atoms with Crippen LogP contribution in [-0.2, 0) is 14.8 Å². The summed E-state index contributed by atoms with van der Waals surface area (Å²) in [6, 6.07) is 8.10. The molecule has 0 bridgehead atoms. The first-order valence-electron chi connectivity index (χ1n) is 9.43. The molecule has 30 heavy (non-hydrogen) atoms. The molecule has 0 amide bonds. The fraction of sp³-hybridized carbons (Fsp3) is 0.333. The molecule has 1 saturated heterocycles. The number of benzene rings is 1. The van der Waals surface area contributed by atoms with E-state index in [1.807, 2.05) is 18.2 Å². The molecule has 3 rings (SSSR count). The predicted octanol–water partition coefficient (Wildman–Crippen LogP) is 0.900. The molecular weight excluding hydrogens is 418 g/mol. The minimum absolute atomic E-state index is 0. The molecule has 1 aromatic carbocycles. The third-order valence-electron chi connectivity index (χ3n) is 5.05. The summed E-state index contributed by atoms with van der Waals surface area (Å²) >= 11 is 0. The maximum absolute atomic E-state index is 13.2. The van der Waals surface area contributed by atoms with Crippen molar-refractivity contribution in [3.8, 4) is 0 Å². The Morgan fingerprint density at radius 3 is 2.63 bits per heavy atom. The quantitative estimate of drug-likeness (QED) is 0.485. The maximum Gasteiger partial charge on any atom is 1.00 e. The summed E-state index contributed by atoms with van der Waals surface area (Å²) in [7, 11) is -3.80. The van der Waals surface area contributed by atoms with Crippen molar-refractivity contribution < 1.29 is 53.7 Å². The normalized spacial score (nSPS) is 19.6. The molecule has 1 aliphatic rings. The minimum atomic E-state index is -3.80. The zero-order chi connectivity index (χ0) is 20.9. The average molecular weight is 442 g/mol. The van der Waals surface area contributed by atoms with E-state index in [-0.39, 0.29) is 54.3 Å². The van der Waals surface area contributed by atoms with E-state index in [1.165, 1.54) is 16.4 Å². The van der Waals surface area contributed by atoms with E-state index in [2.05, 4.69) is 4.98 Å². The van der Waals surface area contributed by atoms with Crippen LogP contribution in [-0.4, -0.2) is 35.3 Å². The number of aromatic nitrogens is 1. The Morgan fingerprint density at radius 1 is 1.27 bits per heavy atom. The van der Waals surface area contributed by atoms with Crippen LogP contribution < -0.4 is 29.6 Å². The molecule has 0 saturated carbocycles. The van der Waals surface area contributed by atoms with Crippen molar-refractivity contribution in [1.82, 2.24) is 9.29 Å². The number of hydrogen-bond donors (Lipinski definition) is 1. The number of pyridine rings is 1. The zero-order valence-electron chi connectivity index (χ0n) is 17.8. The van der Waals surface area contributed by atoms with Crippen molar-refractivity contribution in [2.45, 2.75) is 36.6 Å². The van der Waals surface area contributed by atoms with Crippen LogP contribution in [0, 0.1) is 11.7 Å². The molecule has 2 atom stereocenters. The molecule has 2 heterocycles. The van der Waals surface area contributed by atoms with E-state index in [0.29, 0.717) is 25.8 Å².